The van der Waals surface area contributed by atoms with Gasteiger partial charge in [-0.3, -0.25) is 4.79 Å². The summed E-state index contributed by atoms with van der Waals surface area (Å²) in [4.78, 5) is 19.0. The molecule has 0 aliphatic rings. The van der Waals surface area contributed by atoms with Crippen LogP contribution in [0.15, 0.2) is 35.1 Å². The molecule has 0 saturated heterocycles. The van der Waals surface area contributed by atoms with E-state index in [0.717, 1.165) is 42.8 Å². The highest BCUT2D eigenvalue weighted by molar-refractivity contribution is 5.59. The van der Waals surface area contributed by atoms with Crippen molar-refractivity contribution >= 4 is 0 Å². The third-order valence-electron chi connectivity index (χ3n) is 3.04. The van der Waals surface area contributed by atoms with Crippen LogP contribution < -0.4 is 5.56 Å². The fourth-order valence-corrected chi connectivity index (χ4v) is 2.19. The Morgan fingerprint density at radius 3 is 2.63 bits per heavy atom. The number of hydrogen-bond acceptors (Lipinski definition) is 2. The van der Waals surface area contributed by atoms with E-state index in [0.29, 0.717) is 0 Å². The van der Waals surface area contributed by atoms with Gasteiger partial charge in [0.25, 0.3) is 5.56 Å². The highest BCUT2D eigenvalue weighted by Gasteiger charge is 2.04. The normalized spacial score (nSPS) is 10.6. The van der Waals surface area contributed by atoms with E-state index in [1.54, 1.807) is 6.07 Å². The zero-order chi connectivity index (χ0) is 13.7. The molecule has 2 rings (SSSR count). The van der Waals surface area contributed by atoms with Crippen molar-refractivity contribution in [3.8, 4) is 11.3 Å². The molecule has 0 fully saturated rings. The molecule has 2 aromatic rings. The van der Waals surface area contributed by atoms with E-state index < -0.39 is 0 Å². The molecule has 0 saturated carbocycles. The molecule has 19 heavy (non-hydrogen) atoms. The summed E-state index contributed by atoms with van der Waals surface area (Å²) in [6.45, 7) is 4.24. The number of nitrogens with zero attached hydrogens (tertiary/aromatic N) is 1. The summed E-state index contributed by atoms with van der Waals surface area (Å²) >= 11 is 0. The van der Waals surface area contributed by atoms with Gasteiger partial charge in [-0.05, 0) is 24.5 Å². The molecule has 1 heterocycles. The molecule has 1 aromatic carbocycles. The Morgan fingerprint density at radius 1 is 1.11 bits per heavy atom. The van der Waals surface area contributed by atoms with Gasteiger partial charge >= 0.3 is 0 Å². The SMILES string of the molecule is CCCc1cccc(-c2cc(=O)[nH]c(CCC)n2)c1. The van der Waals surface area contributed by atoms with Gasteiger partial charge in [0.15, 0.2) is 0 Å². The number of nitrogens with one attached hydrogen (secondary N) is 1. The molecule has 0 bridgehead atoms. The summed E-state index contributed by atoms with van der Waals surface area (Å²) in [5.41, 5.74) is 3.01. The first-order chi connectivity index (χ1) is 9.22. The van der Waals surface area contributed by atoms with E-state index >= 15 is 0 Å². The van der Waals surface area contributed by atoms with E-state index in [-0.39, 0.29) is 5.56 Å². The molecule has 100 valence electrons. The second kappa shape index (κ2) is 6.32. The van der Waals surface area contributed by atoms with Crippen LogP contribution in [0.5, 0.6) is 0 Å². The summed E-state index contributed by atoms with van der Waals surface area (Å²) in [6, 6.07) is 9.86. The molecule has 0 amide bonds. The van der Waals surface area contributed by atoms with Crippen LogP contribution in [0.4, 0.5) is 0 Å². The van der Waals surface area contributed by atoms with Crippen molar-refractivity contribution < 1.29 is 0 Å². The van der Waals surface area contributed by atoms with E-state index in [1.807, 2.05) is 12.1 Å². The molecule has 0 radical (unpaired) electrons. The molecule has 3 heteroatoms. The van der Waals surface area contributed by atoms with Crippen LogP contribution in [-0.4, -0.2) is 9.97 Å². The Kier molecular flexibility index (Phi) is 4.50. The number of H-pyrrole nitrogens is 1. The lowest BCUT2D eigenvalue weighted by molar-refractivity contribution is 0.827. The first-order valence-corrected chi connectivity index (χ1v) is 6.92. The number of aromatic amines is 1. The van der Waals surface area contributed by atoms with Crippen molar-refractivity contribution in [1.29, 1.82) is 0 Å². The predicted octanol–water partition coefficient (Wildman–Crippen LogP) is 3.34. The monoisotopic (exact) mass is 256 g/mol. The van der Waals surface area contributed by atoms with E-state index in [9.17, 15) is 4.79 Å². The van der Waals surface area contributed by atoms with Gasteiger partial charge in [-0.2, -0.15) is 0 Å². The second-order valence-electron chi connectivity index (χ2n) is 4.78. The predicted molar refractivity (Wildman–Crippen MR) is 78.3 cm³/mol. The Balaban J connectivity index is 2.40. The van der Waals surface area contributed by atoms with Crippen LogP contribution in [-0.2, 0) is 12.8 Å². The fraction of sp³-hybridized carbons (Fsp3) is 0.375. The highest BCUT2D eigenvalue weighted by Crippen LogP contribution is 2.18. The van der Waals surface area contributed by atoms with Gasteiger partial charge in [0.05, 0.1) is 5.69 Å². The van der Waals surface area contributed by atoms with Crippen molar-refractivity contribution in [2.45, 2.75) is 39.5 Å². The Morgan fingerprint density at radius 2 is 1.89 bits per heavy atom. The van der Waals surface area contributed by atoms with Crippen molar-refractivity contribution in [1.82, 2.24) is 9.97 Å². The van der Waals surface area contributed by atoms with Crippen LogP contribution >= 0.6 is 0 Å². The summed E-state index contributed by atoms with van der Waals surface area (Å²) in [5.74, 6) is 0.769. The highest BCUT2D eigenvalue weighted by atomic mass is 16.1. The first kappa shape index (κ1) is 13.5. The molecule has 0 atom stereocenters. The van der Waals surface area contributed by atoms with Crippen LogP contribution in [0, 0.1) is 0 Å². The van der Waals surface area contributed by atoms with Crippen molar-refractivity contribution in [3.05, 3.63) is 52.1 Å². The van der Waals surface area contributed by atoms with Gasteiger partial charge in [-0.15, -0.1) is 0 Å². The standard InChI is InChI=1S/C16H20N2O/c1-3-6-12-8-5-9-13(10-12)14-11-16(19)18-15(17-14)7-4-2/h5,8-11H,3-4,6-7H2,1-2H3,(H,17,18,19). The van der Waals surface area contributed by atoms with E-state index in [4.69, 9.17) is 0 Å². The third-order valence-corrected chi connectivity index (χ3v) is 3.04. The largest absolute Gasteiger partial charge is 0.311 e. The average molecular weight is 256 g/mol. The van der Waals surface area contributed by atoms with Crippen LogP contribution in [0.1, 0.15) is 38.1 Å². The van der Waals surface area contributed by atoms with Crippen LogP contribution in [0.25, 0.3) is 11.3 Å². The first-order valence-electron chi connectivity index (χ1n) is 6.92. The molecule has 0 aliphatic heterocycles. The van der Waals surface area contributed by atoms with Gasteiger partial charge < -0.3 is 4.98 Å². The lowest BCUT2D eigenvalue weighted by Gasteiger charge is -2.06. The average Bonchev–Trinajstić information content (AvgIpc) is 2.39. The van der Waals surface area contributed by atoms with Crippen molar-refractivity contribution in [2.24, 2.45) is 0 Å². The number of aryl methyl sites for hydroxylation is 2. The Labute approximate surface area is 113 Å². The summed E-state index contributed by atoms with van der Waals surface area (Å²) in [7, 11) is 0. The maximum absolute atomic E-state index is 11.7. The lowest BCUT2D eigenvalue weighted by Crippen LogP contribution is -2.11. The zero-order valence-corrected chi connectivity index (χ0v) is 11.6. The summed E-state index contributed by atoms with van der Waals surface area (Å²) < 4.78 is 0. The Bertz CT molecular complexity index is 602. The third kappa shape index (κ3) is 3.53. The van der Waals surface area contributed by atoms with Crippen LogP contribution in [0.3, 0.4) is 0 Å². The van der Waals surface area contributed by atoms with Gasteiger partial charge in [0.2, 0.25) is 0 Å². The molecule has 0 aliphatic carbocycles. The minimum Gasteiger partial charge on any atom is -0.311 e. The molecular weight excluding hydrogens is 236 g/mol. The van der Waals surface area contributed by atoms with E-state index in [1.165, 1.54) is 5.56 Å². The van der Waals surface area contributed by atoms with Gasteiger partial charge in [0, 0.05) is 18.1 Å². The quantitative estimate of drug-likeness (QED) is 0.891. The smallest absolute Gasteiger partial charge is 0.251 e. The zero-order valence-electron chi connectivity index (χ0n) is 11.6. The van der Waals surface area contributed by atoms with E-state index in [2.05, 4.69) is 35.9 Å². The minimum absolute atomic E-state index is 0.0747. The van der Waals surface area contributed by atoms with Crippen molar-refractivity contribution in [3.63, 3.8) is 0 Å². The molecule has 1 aromatic heterocycles. The van der Waals surface area contributed by atoms with Crippen LogP contribution in [0.2, 0.25) is 0 Å². The molecule has 1 N–H and O–H groups in total. The Hall–Kier alpha value is -1.90. The fourth-order valence-electron chi connectivity index (χ4n) is 2.19. The summed E-state index contributed by atoms with van der Waals surface area (Å²) in [5, 5.41) is 0. The van der Waals surface area contributed by atoms with Gasteiger partial charge in [-0.1, -0.05) is 38.5 Å². The maximum atomic E-state index is 11.7. The topological polar surface area (TPSA) is 45.8 Å². The molecule has 0 unspecified atom stereocenters. The molecule has 3 nitrogen and oxygen atoms in total. The molecular formula is C16H20N2O. The molecule has 0 spiro atoms. The number of hydrogen-bond donors (Lipinski definition) is 1. The summed E-state index contributed by atoms with van der Waals surface area (Å²) in [6.07, 6.45) is 3.95. The number of aromatic nitrogens is 2. The van der Waals surface area contributed by atoms with Gasteiger partial charge in [0.1, 0.15) is 5.82 Å². The van der Waals surface area contributed by atoms with Gasteiger partial charge in [-0.25, -0.2) is 4.98 Å². The number of benzene rings is 1. The number of rotatable bonds is 5. The minimum atomic E-state index is -0.0747. The van der Waals surface area contributed by atoms with Crippen molar-refractivity contribution in [2.75, 3.05) is 0 Å². The maximum Gasteiger partial charge on any atom is 0.251 e. The second-order valence-corrected chi connectivity index (χ2v) is 4.78. The lowest BCUT2D eigenvalue weighted by atomic mass is 10.0.